The number of carbonyl (C=O) groups excluding carboxylic acids is 1. The first-order chi connectivity index (χ1) is 8.17. The molecule has 4 heteroatoms. The average Bonchev–Trinajstić information content (AvgIpc) is 2.29. The highest BCUT2D eigenvalue weighted by Crippen LogP contribution is 2.14. The van der Waals surface area contributed by atoms with E-state index in [2.05, 4.69) is 0 Å². The number of rotatable bonds is 6. The second kappa shape index (κ2) is 6.91. The van der Waals surface area contributed by atoms with E-state index in [1.165, 1.54) is 0 Å². The van der Waals surface area contributed by atoms with Crippen molar-refractivity contribution in [3.8, 4) is 5.75 Å². The lowest BCUT2D eigenvalue weighted by molar-refractivity contribution is -0.156. The standard InChI is InChI=1S/C13H18O4/c1-3-16-12(13(15)17-4-2)9-10-6-5-7-11(14)8-10/h5-8,12,14H,3-4,9H2,1-2H3/t12-/m0/s1. The van der Waals surface area contributed by atoms with Gasteiger partial charge in [0.1, 0.15) is 5.75 Å². The van der Waals surface area contributed by atoms with Crippen LogP contribution in [0.2, 0.25) is 0 Å². The predicted molar refractivity (Wildman–Crippen MR) is 63.9 cm³/mol. The fourth-order valence-electron chi connectivity index (χ4n) is 1.54. The van der Waals surface area contributed by atoms with Crippen LogP contribution in [0.1, 0.15) is 19.4 Å². The Morgan fingerprint density at radius 1 is 1.35 bits per heavy atom. The van der Waals surface area contributed by atoms with E-state index in [9.17, 15) is 9.90 Å². The Labute approximate surface area is 101 Å². The van der Waals surface area contributed by atoms with Crippen molar-refractivity contribution in [3.05, 3.63) is 29.8 Å². The third-order valence-electron chi connectivity index (χ3n) is 2.25. The summed E-state index contributed by atoms with van der Waals surface area (Å²) in [5.41, 5.74) is 0.844. The zero-order chi connectivity index (χ0) is 12.7. The maximum Gasteiger partial charge on any atom is 0.335 e. The topological polar surface area (TPSA) is 55.8 Å². The summed E-state index contributed by atoms with van der Waals surface area (Å²) in [6.07, 6.45) is -0.206. The summed E-state index contributed by atoms with van der Waals surface area (Å²) in [7, 11) is 0. The van der Waals surface area contributed by atoms with Gasteiger partial charge in [-0.2, -0.15) is 0 Å². The first-order valence-corrected chi connectivity index (χ1v) is 5.73. The molecule has 0 saturated heterocycles. The molecule has 1 atom stereocenters. The molecule has 0 saturated carbocycles. The molecule has 0 aromatic heterocycles. The molecule has 1 aromatic rings. The third-order valence-corrected chi connectivity index (χ3v) is 2.25. The minimum absolute atomic E-state index is 0.182. The van der Waals surface area contributed by atoms with E-state index in [4.69, 9.17) is 9.47 Å². The largest absolute Gasteiger partial charge is 0.508 e. The van der Waals surface area contributed by atoms with Crippen LogP contribution in [0.4, 0.5) is 0 Å². The van der Waals surface area contributed by atoms with Crippen molar-refractivity contribution in [2.24, 2.45) is 0 Å². The zero-order valence-electron chi connectivity index (χ0n) is 10.2. The molecule has 0 aliphatic heterocycles. The van der Waals surface area contributed by atoms with E-state index in [0.717, 1.165) is 5.56 Å². The SMILES string of the molecule is CCOC(=O)[C@H](Cc1cccc(O)c1)OCC. The number of hydrogen-bond donors (Lipinski definition) is 1. The summed E-state index contributed by atoms with van der Waals surface area (Å²) in [4.78, 5) is 11.6. The Morgan fingerprint density at radius 3 is 2.71 bits per heavy atom. The average molecular weight is 238 g/mol. The van der Waals surface area contributed by atoms with Crippen LogP contribution in [-0.2, 0) is 20.7 Å². The molecule has 0 heterocycles. The second-order valence-corrected chi connectivity index (χ2v) is 3.57. The second-order valence-electron chi connectivity index (χ2n) is 3.57. The molecule has 1 aromatic carbocycles. The smallest absolute Gasteiger partial charge is 0.335 e. The summed E-state index contributed by atoms with van der Waals surface area (Å²) < 4.78 is 10.3. The molecule has 94 valence electrons. The number of benzene rings is 1. The van der Waals surface area contributed by atoms with Crippen LogP contribution in [0, 0.1) is 0 Å². The van der Waals surface area contributed by atoms with Gasteiger partial charge in [-0.05, 0) is 31.5 Å². The van der Waals surface area contributed by atoms with Crippen LogP contribution in [0.15, 0.2) is 24.3 Å². The monoisotopic (exact) mass is 238 g/mol. The van der Waals surface area contributed by atoms with Gasteiger partial charge in [-0.1, -0.05) is 12.1 Å². The first kappa shape index (κ1) is 13.5. The molecule has 1 rings (SSSR count). The Balaban J connectivity index is 2.69. The summed E-state index contributed by atoms with van der Waals surface area (Å²) in [6.45, 7) is 4.37. The minimum Gasteiger partial charge on any atom is -0.508 e. The summed E-state index contributed by atoms with van der Waals surface area (Å²) in [6, 6.07) is 6.78. The highest BCUT2D eigenvalue weighted by atomic mass is 16.6. The van der Waals surface area contributed by atoms with Crippen molar-refractivity contribution in [1.29, 1.82) is 0 Å². The quantitative estimate of drug-likeness (QED) is 0.769. The lowest BCUT2D eigenvalue weighted by atomic mass is 10.1. The van der Waals surface area contributed by atoms with Crippen LogP contribution >= 0.6 is 0 Å². The van der Waals surface area contributed by atoms with E-state index in [1.54, 1.807) is 25.1 Å². The highest BCUT2D eigenvalue weighted by Gasteiger charge is 2.20. The Morgan fingerprint density at radius 2 is 2.12 bits per heavy atom. The molecule has 1 N–H and O–H groups in total. The Kier molecular flexibility index (Phi) is 5.49. The maximum absolute atomic E-state index is 11.6. The van der Waals surface area contributed by atoms with Gasteiger partial charge in [0.2, 0.25) is 0 Å². The van der Waals surface area contributed by atoms with Gasteiger partial charge in [-0.15, -0.1) is 0 Å². The molecule has 4 nitrogen and oxygen atoms in total. The van der Waals surface area contributed by atoms with Crippen LogP contribution in [0.3, 0.4) is 0 Å². The van der Waals surface area contributed by atoms with Crippen molar-refractivity contribution in [2.75, 3.05) is 13.2 Å². The molecular formula is C13H18O4. The number of carbonyl (C=O) groups is 1. The van der Waals surface area contributed by atoms with Crippen LogP contribution in [0.5, 0.6) is 5.75 Å². The predicted octanol–water partition coefficient (Wildman–Crippen LogP) is 1.90. The van der Waals surface area contributed by atoms with Crippen molar-refractivity contribution in [3.63, 3.8) is 0 Å². The van der Waals surface area contributed by atoms with Gasteiger partial charge in [-0.25, -0.2) is 4.79 Å². The van der Waals surface area contributed by atoms with Gasteiger partial charge in [-0.3, -0.25) is 0 Å². The van der Waals surface area contributed by atoms with Gasteiger partial charge in [0.25, 0.3) is 0 Å². The molecule has 0 bridgehead atoms. The number of aromatic hydroxyl groups is 1. The Bertz CT molecular complexity index is 362. The molecule has 0 spiro atoms. The normalized spacial score (nSPS) is 12.1. The lowest BCUT2D eigenvalue weighted by Gasteiger charge is -2.15. The molecule has 0 amide bonds. The third kappa shape index (κ3) is 4.44. The molecule has 17 heavy (non-hydrogen) atoms. The van der Waals surface area contributed by atoms with Gasteiger partial charge in [0.05, 0.1) is 6.61 Å². The number of ether oxygens (including phenoxy) is 2. The van der Waals surface area contributed by atoms with Crippen molar-refractivity contribution < 1.29 is 19.4 Å². The summed E-state index contributed by atoms with van der Waals surface area (Å²) >= 11 is 0. The number of phenols is 1. The Hall–Kier alpha value is -1.55. The summed E-state index contributed by atoms with van der Waals surface area (Å²) in [5, 5.41) is 9.34. The van der Waals surface area contributed by atoms with E-state index >= 15 is 0 Å². The molecule has 0 fully saturated rings. The molecule has 0 aliphatic rings. The zero-order valence-corrected chi connectivity index (χ0v) is 10.2. The van der Waals surface area contributed by atoms with Crippen LogP contribution < -0.4 is 0 Å². The van der Waals surface area contributed by atoms with Crippen molar-refractivity contribution >= 4 is 5.97 Å². The minimum atomic E-state index is -0.609. The molecule has 0 radical (unpaired) electrons. The van der Waals surface area contributed by atoms with Crippen molar-refractivity contribution in [2.45, 2.75) is 26.4 Å². The fourth-order valence-corrected chi connectivity index (χ4v) is 1.54. The first-order valence-electron chi connectivity index (χ1n) is 5.73. The lowest BCUT2D eigenvalue weighted by Crippen LogP contribution is -2.28. The van der Waals surface area contributed by atoms with E-state index < -0.39 is 6.10 Å². The van der Waals surface area contributed by atoms with Crippen LogP contribution in [-0.4, -0.2) is 30.4 Å². The van der Waals surface area contributed by atoms with Gasteiger partial charge in [0.15, 0.2) is 6.10 Å². The van der Waals surface area contributed by atoms with Gasteiger partial charge < -0.3 is 14.6 Å². The summed E-state index contributed by atoms with van der Waals surface area (Å²) in [5.74, 6) is -0.181. The van der Waals surface area contributed by atoms with Gasteiger partial charge in [0, 0.05) is 13.0 Å². The van der Waals surface area contributed by atoms with Crippen molar-refractivity contribution in [1.82, 2.24) is 0 Å². The number of hydrogen-bond acceptors (Lipinski definition) is 4. The molecule has 0 unspecified atom stereocenters. The van der Waals surface area contributed by atoms with Crippen LogP contribution in [0.25, 0.3) is 0 Å². The van der Waals surface area contributed by atoms with Gasteiger partial charge >= 0.3 is 5.97 Å². The number of phenolic OH excluding ortho intramolecular Hbond substituents is 1. The number of esters is 1. The fraction of sp³-hybridized carbons (Fsp3) is 0.462. The van der Waals surface area contributed by atoms with E-state index in [1.807, 2.05) is 13.0 Å². The highest BCUT2D eigenvalue weighted by molar-refractivity contribution is 5.75. The molecule has 0 aliphatic carbocycles. The van der Waals surface area contributed by atoms with E-state index in [0.29, 0.717) is 19.6 Å². The van der Waals surface area contributed by atoms with E-state index in [-0.39, 0.29) is 11.7 Å². The maximum atomic E-state index is 11.6. The molecular weight excluding hydrogens is 220 g/mol.